The van der Waals surface area contributed by atoms with Crippen molar-refractivity contribution in [1.82, 2.24) is 9.78 Å². The van der Waals surface area contributed by atoms with Gasteiger partial charge in [0.2, 0.25) is 0 Å². The number of aliphatic hydroxyl groups is 1. The van der Waals surface area contributed by atoms with E-state index in [1.165, 1.54) is 0 Å². The highest BCUT2D eigenvalue weighted by molar-refractivity contribution is 5.33. The smallest absolute Gasteiger partial charge is 0.162 e. The topological polar surface area (TPSA) is 47.3 Å². The van der Waals surface area contributed by atoms with Crippen LogP contribution in [0.25, 0.3) is 0 Å². The zero-order chi connectivity index (χ0) is 13.3. The average Bonchev–Trinajstić information content (AvgIpc) is 2.92. The standard InChI is InChI=1S/C14H24N2O2/c1-5-11-7-6-8-14(11,17)13-12(18-4)9-15-16(13)10(2)3/h9-11,17H,5-8H2,1-4H3. The first-order valence-electron chi connectivity index (χ1n) is 6.89. The van der Waals surface area contributed by atoms with Gasteiger partial charge in [0.15, 0.2) is 5.75 Å². The van der Waals surface area contributed by atoms with Crippen LogP contribution in [0.15, 0.2) is 6.20 Å². The fourth-order valence-electron chi connectivity index (χ4n) is 3.21. The number of hydrogen-bond acceptors (Lipinski definition) is 3. The highest BCUT2D eigenvalue weighted by atomic mass is 16.5. The zero-order valence-electron chi connectivity index (χ0n) is 11.8. The summed E-state index contributed by atoms with van der Waals surface area (Å²) in [6, 6.07) is 0.228. The summed E-state index contributed by atoms with van der Waals surface area (Å²) in [6.45, 7) is 6.30. The van der Waals surface area contributed by atoms with Crippen molar-refractivity contribution < 1.29 is 9.84 Å². The molecule has 1 aromatic heterocycles. The molecule has 4 heteroatoms. The van der Waals surface area contributed by atoms with Crippen LogP contribution in [-0.2, 0) is 5.60 Å². The van der Waals surface area contributed by atoms with Gasteiger partial charge in [0.05, 0.1) is 13.3 Å². The van der Waals surface area contributed by atoms with E-state index in [1.54, 1.807) is 13.3 Å². The molecule has 4 nitrogen and oxygen atoms in total. The number of ether oxygens (including phenoxy) is 1. The number of nitrogens with zero attached hydrogens (tertiary/aromatic N) is 2. The molecule has 2 rings (SSSR count). The summed E-state index contributed by atoms with van der Waals surface area (Å²) in [5.74, 6) is 1.02. The van der Waals surface area contributed by atoms with E-state index in [-0.39, 0.29) is 6.04 Å². The van der Waals surface area contributed by atoms with E-state index in [2.05, 4.69) is 25.9 Å². The first-order chi connectivity index (χ1) is 8.54. The van der Waals surface area contributed by atoms with Crippen molar-refractivity contribution in [3.8, 4) is 5.75 Å². The molecular weight excluding hydrogens is 228 g/mol. The van der Waals surface area contributed by atoms with Crippen LogP contribution in [0.1, 0.15) is 58.2 Å². The van der Waals surface area contributed by atoms with Crippen molar-refractivity contribution in [1.29, 1.82) is 0 Å². The monoisotopic (exact) mass is 252 g/mol. The van der Waals surface area contributed by atoms with Crippen molar-refractivity contribution >= 4 is 0 Å². The van der Waals surface area contributed by atoms with Gasteiger partial charge in [0, 0.05) is 6.04 Å². The molecule has 1 fully saturated rings. The molecule has 2 atom stereocenters. The molecule has 1 aliphatic rings. The first-order valence-corrected chi connectivity index (χ1v) is 6.89. The lowest BCUT2D eigenvalue weighted by Gasteiger charge is -2.31. The van der Waals surface area contributed by atoms with Crippen molar-refractivity contribution in [2.45, 2.75) is 58.1 Å². The van der Waals surface area contributed by atoms with Gasteiger partial charge in [0.25, 0.3) is 0 Å². The van der Waals surface area contributed by atoms with E-state index in [4.69, 9.17) is 4.74 Å². The number of hydrogen-bond donors (Lipinski definition) is 1. The maximum absolute atomic E-state index is 11.1. The van der Waals surface area contributed by atoms with Gasteiger partial charge in [-0.2, -0.15) is 5.10 Å². The number of aromatic nitrogens is 2. The summed E-state index contributed by atoms with van der Waals surface area (Å²) in [5, 5.41) is 15.5. The summed E-state index contributed by atoms with van der Waals surface area (Å²) < 4.78 is 7.31. The fraction of sp³-hybridized carbons (Fsp3) is 0.786. The largest absolute Gasteiger partial charge is 0.493 e. The van der Waals surface area contributed by atoms with E-state index in [0.29, 0.717) is 11.7 Å². The molecule has 0 radical (unpaired) electrons. The lowest BCUT2D eigenvalue weighted by Crippen LogP contribution is -2.33. The van der Waals surface area contributed by atoms with Crippen LogP contribution in [0.2, 0.25) is 0 Å². The molecule has 102 valence electrons. The molecule has 1 aliphatic carbocycles. The van der Waals surface area contributed by atoms with Gasteiger partial charge in [-0.05, 0) is 39.0 Å². The van der Waals surface area contributed by atoms with Gasteiger partial charge in [0.1, 0.15) is 11.3 Å². The quantitative estimate of drug-likeness (QED) is 0.896. The molecule has 0 bridgehead atoms. The minimum atomic E-state index is -0.777. The van der Waals surface area contributed by atoms with Gasteiger partial charge in [-0.15, -0.1) is 0 Å². The zero-order valence-corrected chi connectivity index (χ0v) is 11.8. The van der Waals surface area contributed by atoms with Crippen molar-refractivity contribution in [2.75, 3.05) is 7.11 Å². The molecular formula is C14H24N2O2. The molecule has 0 saturated heterocycles. The maximum Gasteiger partial charge on any atom is 0.162 e. The molecule has 0 spiro atoms. The Morgan fingerprint density at radius 2 is 2.33 bits per heavy atom. The third kappa shape index (κ3) is 1.92. The lowest BCUT2D eigenvalue weighted by atomic mass is 9.85. The summed E-state index contributed by atoms with van der Waals surface area (Å²) in [4.78, 5) is 0. The Kier molecular flexibility index (Phi) is 3.66. The van der Waals surface area contributed by atoms with Crippen LogP contribution >= 0.6 is 0 Å². The fourth-order valence-corrected chi connectivity index (χ4v) is 3.21. The minimum Gasteiger partial charge on any atom is -0.493 e. The third-order valence-electron chi connectivity index (χ3n) is 4.16. The number of methoxy groups -OCH3 is 1. The Hall–Kier alpha value is -1.03. The molecule has 1 heterocycles. The average molecular weight is 252 g/mol. The van der Waals surface area contributed by atoms with Gasteiger partial charge in [-0.3, -0.25) is 4.68 Å². The second kappa shape index (κ2) is 4.92. The van der Waals surface area contributed by atoms with Crippen LogP contribution < -0.4 is 4.74 Å². The van der Waals surface area contributed by atoms with Crippen molar-refractivity contribution in [3.63, 3.8) is 0 Å². The summed E-state index contributed by atoms with van der Waals surface area (Å²) in [6.07, 6.45) is 5.67. The predicted octanol–water partition coefficient (Wildman–Crippen LogP) is 2.87. The number of rotatable bonds is 4. The van der Waals surface area contributed by atoms with Gasteiger partial charge >= 0.3 is 0 Å². The Balaban J connectivity index is 2.51. The highest BCUT2D eigenvalue weighted by Gasteiger charge is 2.46. The Morgan fingerprint density at radius 3 is 2.89 bits per heavy atom. The highest BCUT2D eigenvalue weighted by Crippen LogP contribution is 2.48. The van der Waals surface area contributed by atoms with E-state index in [9.17, 15) is 5.11 Å². The normalized spacial score (nSPS) is 28.0. The van der Waals surface area contributed by atoms with Crippen LogP contribution in [0, 0.1) is 5.92 Å². The van der Waals surface area contributed by atoms with E-state index < -0.39 is 5.60 Å². The van der Waals surface area contributed by atoms with Crippen molar-refractivity contribution in [2.24, 2.45) is 5.92 Å². The molecule has 18 heavy (non-hydrogen) atoms. The summed E-state index contributed by atoms with van der Waals surface area (Å²) in [5.41, 5.74) is 0.0882. The lowest BCUT2D eigenvalue weighted by molar-refractivity contribution is -0.0150. The Morgan fingerprint density at radius 1 is 1.61 bits per heavy atom. The molecule has 1 aromatic rings. The first kappa shape index (κ1) is 13.4. The second-order valence-electron chi connectivity index (χ2n) is 5.52. The van der Waals surface area contributed by atoms with Crippen LogP contribution in [0.4, 0.5) is 0 Å². The van der Waals surface area contributed by atoms with E-state index in [1.807, 2.05) is 4.68 Å². The third-order valence-corrected chi connectivity index (χ3v) is 4.16. The SMILES string of the molecule is CCC1CCCC1(O)c1c(OC)cnn1C(C)C. The Labute approximate surface area is 109 Å². The van der Waals surface area contributed by atoms with Gasteiger partial charge in [-0.25, -0.2) is 0 Å². The Bertz CT molecular complexity index is 414. The summed E-state index contributed by atoms with van der Waals surface area (Å²) >= 11 is 0. The maximum atomic E-state index is 11.1. The van der Waals surface area contributed by atoms with Crippen molar-refractivity contribution in [3.05, 3.63) is 11.9 Å². The minimum absolute atomic E-state index is 0.228. The van der Waals surface area contributed by atoms with Crippen LogP contribution in [0.5, 0.6) is 5.75 Å². The van der Waals surface area contributed by atoms with E-state index >= 15 is 0 Å². The second-order valence-corrected chi connectivity index (χ2v) is 5.52. The molecule has 1 saturated carbocycles. The molecule has 0 amide bonds. The van der Waals surface area contributed by atoms with E-state index in [0.717, 1.165) is 31.4 Å². The molecule has 0 aliphatic heterocycles. The molecule has 2 unspecified atom stereocenters. The van der Waals surface area contributed by atoms with Gasteiger partial charge in [-0.1, -0.05) is 13.3 Å². The van der Waals surface area contributed by atoms with Gasteiger partial charge < -0.3 is 9.84 Å². The van der Waals surface area contributed by atoms with Crippen LogP contribution in [-0.4, -0.2) is 22.0 Å². The molecule has 0 aromatic carbocycles. The predicted molar refractivity (Wildman–Crippen MR) is 70.7 cm³/mol. The molecule has 1 N–H and O–H groups in total. The summed E-state index contributed by atoms with van der Waals surface area (Å²) in [7, 11) is 1.64. The van der Waals surface area contributed by atoms with Crippen LogP contribution in [0.3, 0.4) is 0 Å².